The van der Waals surface area contributed by atoms with Gasteiger partial charge in [0.2, 0.25) is 0 Å². The van der Waals surface area contributed by atoms with Gasteiger partial charge in [-0.2, -0.15) is 5.10 Å². The van der Waals surface area contributed by atoms with Crippen LogP contribution in [-0.2, 0) is 16.6 Å². The number of carbonyl (C=O) groups excluding carboxylic acids is 1. The van der Waals surface area contributed by atoms with Crippen LogP contribution in [0.1, 0.15) is 21.5 Å². The topological polar surface area (TPSA) is 96.9 Å². The molecule has 0 aliphatic rings. The number of nitrogens with one attached hydrogen (secondary N) is 2. The third-order valence-corrected chi connectivity index (χ3v) is 6.66. The fourth-order valence-corrected chi connectivity index (χ4v) is 4.37. The molecule has 0 fully saturated rings. The van der Waals surface area contributed by atoms with Gasteiger partial charge in [-0.15, -0.1) is 0 Å². The first kappa shape index (κ1) is 25.0. The molecule has 4 aromatic carbocycles. The van der Waals surface area contributed by atoms with Crippen LogP contribution in [0.3, 0.4) is 0 Å². The lowest BCUT2D eigenvalue weighted by molar-refractivity contribution is 0.0955. The highest BCUT2D eigenvalue weighted by Crippen LogP contribution is 2.17. The summed E-state index contributed by atoms with van der Waals surface area (Å²) in [6, 6.07) is 28.8. The number of amides is 1. The number of carbonyl (C=O) groups is 1. The van der Waals surface area contributed by atoms with Crippen molar-refractivity contribution in [2.45, 2.75) is 11.5 Å². The van der Waals surface area contributed by atoms with Crippen LogP contribution in [0.2, 0.25) is 5.02 Å². The van der Waals surface area contributed by atoms with Gasteiger partial charge in [0, 0.05) is 16.3 Å². The number of hydrogen-bond acceptors (Lipinski definition) is 5. The summed E-state index contributed by atoms with van der Waals surface area (Å²) in [5, 5.41) is 4.67. The molecule has 0 bridgehead atoms. The molecule has 0 heterocycles. The SMILES string of the molecule is O=C(N/N=C/c1cccc(OCc2ccc(Cl)cc2)c1)c1ccc(NS(=O)(=O)c2ccccc2)cc1. The van der Waals surface area contributed by atoms with Gasteiger partial charge in [-0.1, -0.05) is 54.1 Å². The van der Waals surface area contributed by atoms with Crippen LogP contribution in [0.25, 0.3) is 0 Å². The Morgan fingerprint density at radius 1 is 0.889 bits per heavy atom. The Labute approximate surface area is 214 Å². The molecule has 0 saturated carbocycles. The van der Waals surface area contributed by atoms with Crippen molar-refractivity contribution in [1.82, 2.24) is 5.43 Å². The number of ether oxygens (including phenoxy) is 1. The molecule has 0 unspecified atom stereocenters. The fraction of sp³-hybridized carbons (Fsp3) is 0.0370. The summed E-state index contributed by atoms with van der Waals surface area (Å²) in [5.74, 6) is 0.229. The smallest absolute Gasteiger partial charge is 0.271 e. The lowest BCUT2D eigenvalue weighted by atomic mass is 10.2. The minimum absolute atomic E-state index is 0.153. The summed E-state index contributed by atoms with van der Waals surface area (Å²) in [4.78, 5) is 12.6. The average Bonchev–Trinajstić information content (AvgIpc) is 2.89. The second-order valence-electron chi connectivity index (χ2n) is 7.68. The number of halogens is 1. The number of hydrazone groups is 1. The summed E-state index contributed by atoms with van der Waals surface area (Å²) in [5.41, 5.74) is 4.87. The highest BCUT2D eigenvalue weighted by molar-refractivity contribution is 7.92. The van der Waals surface area contributed by atoms with Crippen molar-refractivity contribution in [1.29, 1.82) is 0 Å². The molecule has 182 valence electrons. The molecular formula is C27H22ClN3O4S. The van der Waals surface area contributed by atoms with E-state index in [1.807, 2.05) is 42.5 Å². The molecule has 0 aliphatic carbocycles. The van der Waals surface area contributed by atoms with Gasteiger partial charge in [0.25, 0.3) is 15.9 Å². The molecule has 0 spiro atoms. The maximum absolute atomic E-state index is 12.4. The zero-order chi connectivity index (χ0) is 25.4. The predicted octanol–water partition coefficient (Wildman–Crippen LogP) is 5.48. The van der Waals surface area contributed by atoms with Gasteiger partial charge in [-0.3, -0.25) is 9.52 Å². The Bertz CT molecular complexity index is 1460. The minimum Gasteiger partial charge on any atom is -0.489 e. The van der Waals surface area contributed by atoms with Gasteiger partial charge in [-0.25, -0.2) is 13.8 Å². The molecule has 2 N–H and O–H groups in total. The highest BCUT2D eigenvalue weighted by Gasteiger charge is 2.13. The zero-order valence-electron chi connectivity index (χ0n) is 19.0. The maximum atomic E-state index is 12.4. The summed E-state index contributed by atoms with van der Waals surface area (Å²) < 4.78 is 33.1. The largest absolute Gasteiger partial charge is 0.489 e. The monoisotopic (exact) mass is 519 g/mol. The van der Waals surface area contributed by atoms with Crippen LogP contribution in [0.15, 0.2) is 113 Å². The van der Waals surface area contributed by atoms with Crippen molar-refractivity contribution in [3.8, 4) is 5.75 Å². The molecule has 0 saturated heterocycles. The molecule has 0 radical (unpaired) electrons. The van der Waals surface area contributed by atoms with E-state index in [0.717, 1.165) is 11.1 Å². The first-order valence-corrected chi connectivity index (χ1v) is 12.7. The van der Waals surface area contributed by atoms with Crippen LogP contribution < -0.4 is 14.9 Å². The van der Waals surface area contributed by atoms with E-state index in [-0.39, 0.29) is 4.90 Å². The summed E-state index contributed by atoms with van der Waals surface area (Å²) in [6.45, 7) is 0.395. The second kappa shape index (κ2) is 11.5. The Morgan fingerprint density at radius 2 is 1.61 bits per heavy atom. The van der Waals surface area contributed by atoms with Crippen molar-refractivity contribution in [3.05, 3.63) is 125 Å². The fourth-order valence-electron chi connectivity index (χ4n) is 3.17. The van der Waals surface area contributed by atoms with Crippen molar-refractivity contribution in [3.63, 3.8) is 0 Å². The molecule has 1 amide bonds. The minimum atomic E-state index is -3.71. The van der Waals surface area contributed by atoms with E-state index < -0.39 is 15.9 Å². The van der Waals surface area contributed by atoms with Gasteiger partial charge in [0.05, 0.1) is 11.1 Å². The van der Waals surface area contributed by atoms with Crippen LogP contribution in [0.5, 0.6) is 5.75 Å². The van der Waals surface area contributed by atoms with E-state index >= 15 is 0 Å². The molecule has 36 heavy (non-hydrogen) atoms. The van der Waals surface area contributed by atoms with E-state index in [1.165, 1.54) is 42.6 Å². The van der Waals surface area contributed by atoms with Gasteiger partial charge < -0.3 is 4.74 Å². The Hall–Kier alpha value is -4.14. The Balaban J connectivity index is 1.31. The average molecular weight is 520 g/mol. The summed E-state index contributed by atoms with van der Waals surface area (Å²) >= 11 is 5.90. The van der Waals surface area contributed by atoms with E-state index in [4.69, 9.17) is 16.3 Å². The predicted molar refractivity (Wildman–Crippen MR) is 141 cm³/mol. The van der Waals surface area contributed by atoms with Crippen LogP contribution in [-0.4, -0.2) is 20.5 Å². The molecule has 0 aliphatic heterocycles. The first-order chi connectivity index (χ1) is 17.4. The number of nitrogens with zero attached hydrogens (tertiary/aromatic N) is 1. The standard InChI is InChI=1S/C27H22ClN3O4S/c28-23-13-9-20(10-14-23)19-35-25-6-4-5-21(17-25)18-29-30-27(32)22-11-15-24(16-12-22)31-36(33,34)26-7-2-1-3-8-26/h1-18,31H,19H2,(H,30,32)/b29-18+. The molecule has 9 heteroatoms. The molecule has 7 nitrogen and oxygen atoms in total. The van der Waals surface area contributed by atoms with Crippen molar-refractivity contribution in [2.75, 3.05) is 4.72 Å². The summed E-state index contributed by atoms with van der Waals surface area (Å²) in [7, 11) is -3.71. The van der Waals surface area contributed by atoms with Crippen molar-refractivity contribution in [2.24, 2.45) is 5.10 Å². The lowest BCUT2D eigenvalue weighted by Gasteiger charge is -2.08. The zero-order valence-corrected chi connectivity index (χ0v) is 20.5. The van der Waals surface area contributed by atoms with Gasteiger partial charge in [-0.05, 0) is 71.8 Å². The van der Waals surface area contributed by atoms with Crippen LogP contribution in [0.4, 0.5) is 5.69 Å². The van der Waals surface area contributed by atoms with E-state index in [1.54, 1.807) is 24.3 Å². The maximum Gasteiger partial charge on any atom is 0.271 e. The van der Waals surface area contributed by atoms with Crippen molar-refractivity contribution >= 4 is 39.4 Å². The lowest BCUT2D eigenvalue weighted by Crippen LogP contribution is -2.18. The third kappa shape index (κ3) is 6.94. The molecule has 4 rings (SSSR count). The molecule has 4 aromatic rings. The van der Waals surface area contributed by atoms with Gasteiger partial charge >= 0.3 is 0 Å². The molecule has 0 aromatic heterocycles. The first-order valence-electron chi connectivity index (χ1n) is 10.9. The molecule has 0 atom stereocenters. The highest BCUT2D eigenvalue weighted by atomic mass is 35.5. The van der Waals surface area contributed by atoms with Gasteiger partial charge in [0.15, 0.2) is 0 Å². The van der Waals surface area contributed by atoms with Gasteiger partial charge in [0.1, 0.15) is 12.4 Å². The van der Waals surface area contributed by atoms with Crippen LogP contribution in [0, 0.1) is 0 Å². The quantitative estimate of drug-likeness (QED) is 0.226. The Morgan fingerprint density at radius 3 is 2.33 bits per heavy atom. The number of hydrogen-bond donors (Lipinski definition) is 2. The normalized spacial score (nSPS) is 11.2. The number of anilines is 1. The second-order valence-corrected chi connectivity index (χ2v) is 9.80. The van der Waals surface area contributed by atoms with E-state index in [0.29, 0.717) is 28.6 Å². The van der Waals surface area contributed by atoms with Crippen LogP contribution >= 0.6 is 11.6 Å². The number of benzene rings is 4. The van der Waals surface area contributed by atoms with E-state index in [9.17, 15) is 13.2 Å². The molecular weight excluding hydrogens is 498 g/mol. The Kier molecular flexibility index (Phi) is 7.99. The summed E-state index contributed by atoms with van der Waals surface area (Å²) in [6.07, 6.45) is 1.51. The van der Waals surface area contributed by atoms with E-state index in [2.05, 4.69) is 15.2 Å². The number of rotatable bonds is 9. The number of sulfonamides is 1. The third-order valence-electron chi connectivity index (χ3n) is 5.01. The van der Waals surface area contributed by atoms with Crippen molar-refractivity contribution < 1.29 is 17.9 Å².